The molecular formula is C20H23N3O2. The summed E-state index contributed by atoms with van der Waals surface area (Å²) < 4.78 is 7.75. The van der Waals surface area contributed by atoms with E-state index in [0.29, 0.717) is 6.61 Å². The number of ether oxygens (including phenoxy) is 1. The van der Waals surface area contributed by atoms with Crippen molar-refractivity contribution < 1.29 is 9.53 Å². The second kappa shape index (κ2) is 6.97. The van der Waals surface area contributed by atoms with Crippen LogP contribution in [0.4, 0.5) is 0 Å². The molecule has 0 saturated heterocycles. The highest BCUT2D eigenvalue weighted by molar-refractivity contribution is 5.81. The van der Waals surface area contributed by atoms with E-state index < -0.39 is 0 Å². The number of para-hydroxylation sites is 3. The van der Waals surface area contributed by atoms with Crippen LogP contribution in [0, 0.1) is 0 Å². The van der Waals surface area contributed by atoms with Gasteiger partial charge in [-0.1, -0.05) is 30.3 Å². The third kappa shape index (κ3) is 4.38. The SMILES string of the molecule is CC(C)(C)NC(=O)Cn1c(COc2ccccc2)nc2ccccc21. The van der Waals surface area contributed by atoms with Crippen LogP contribution in [-0.4, -0.2) is 21.0 Å². The molecule has 3 aromatic rings. The lowest BCUT2D eigenvalue weighted by Crippen LogP contribution is -2.42. The number of fused-ring (bicyclic) bond motifs is 1. The van der Waals surface area contributed by atoms with Crippen molar-refractivity contribution in [3.05, 3.63) is 60.4 Å². The first-order valence-electron chi connectivity index (χ1n) is 8.35. The lowest BCUT2D eigenvalue weighted by Gasteiger charge is -2.21. The second-order valence-electron chi connectivity index (χ2n) is 7.00. The Morgan fingerprint density at radius 1 is 1.08 bits per heavy atom. The normalized spacial score (nSPS) is 11.5. The Morgan fingerprint density at radius 3 is 2.48 bits per heavy atom. The highest BCUT2D eigenvalue weighted by Crippen LogP contribution is 2.18. The molecule has 0 atom stereocenters. The van der Waals surface area contributed by atoms with E-state index in [1.807, 2.05) is 79.9 Å². The van der Waals surface area contributed by atoms with Gasteiger partial charge in [-0.2, -0.15) is 0 Å². The molecule has 0 radical (unpaired) electrons. The van der Waals surface area contributed by atoms with E-state index in [2.05, 4.69) is 10.3 Å². The summed E-state index contributed by atoms with van der Waals surface area (Å²) in [6, 6.07) is 17.4. The predicted octanol–water partition coefficient (Wildman–Crippen LogP) is 3.53. The number of aromatic nitrogens is 2. The van der Waals surface area contributed by atoms with Gasteiger partial charge in [-0.05, 0) is 45.0 Å². The lowest BCUT2D eigenvalue weighted by atomic mass is 10.1. The number of benzene rings is 2. The Labute approximate surface area is 147 Å². The molecule has 1 N–H and O–H groups in total. The average molecular weight is 337 g/mol. The highest BCUT2D eigenvalue weighted by Gasteiger charge is 2.18. The van der Waals surface area contributed by atoms with E-state index in [9.17, 15) is 4.79 Å². The zero-order valence-corrected chi connectivity index (χ0v) is 14.8. The Hall–Kier alpha value is -2.82. The molecule has 0 unspecified atom stereocenters. The van der Waals surface area contributed by atoms with Gasteiger partial charge in [-0.3, -0.25) is 4.79 Å². The number of carbonyl (C=O) groups is 1. The molecule has 0 spiro atoms. The van der Waals surface area contributed by atoms with E-state index >= 15 is 0 Å². The van der Waals surface area contributed by atoms with E-state index in [1.165, 1.54) is 0 Å². The maximum absolute atomic E-state index is 12.4. The van der Waals surface area contributed by atoms with E-state index in [1.54, 1.807) is 0 Å². The number of nitrogens with zero attached hydrogens (tertiary/aromatic N) is 2. The largest absolute Gasteiger partial charge is 0.486 e. The zero-order chi connectivity index (χ0) is 17.9. The molecule has 0 aliphatic rings. The van der Waals surface area contributed by atoms with E-state index in [0.717, 1.165) is 22.6 Å². The third-order valence-corrected chi connectivity index (χ3v) is 3.66. The number of imidazole rings is 1. The molecule has 1 aromatic heterocycles. The number of nitrogens with one attached hydrogen (secondary N) is 1. The summed E-state index contributed by atoms with van der Waals surface area (Å²) in [6.07, 6.45) is 0. The average Bonchev–Trinajstić information content (AvgIpc) is 2.90. The molecule has 1 amide bonds. The van der Waals surface area contributed by atoms with Crippen molar-refractivity contribution >= 4 is 16.9 Å². The van der Waals surface area contributed by atoms with Crippen LogP contribution in [0.3, 0.4) is 0 Å². The molecule has 5 nitrogen and oxygen atoms in total. The monoisotopic (exact) mass is 337 g/mol. The summed E-state index contributed by atoms with van der Waals surface area (Å²) in [5.41, 5.74) is 1.52. The molecular weight excluding hydrogens is 314 g/mol. The molecule has 0 bridgehead atoms. The number of rotatable bonds is 5. The van der Waals surface area contributed by atoms with Gasteiger partial charge in [-0.25, -0.2) is 4.98 Å². The first-order valence-corrected chi connectivity index (χ1v) is 8.35. The van der Waals surface area contributed by atoms with Gasteiger partial charge < -0.3 is 14.6 Å². The van der Waals surface area contributed by atoms with Gasteiger partial charge >= 0.3 is 0 Å². The zero-order valence-electron chi connectivity index (χ0n) is 14.8. The number of carbonyl (C=O) groups excluding carboxylic acids is 1. The number of hydrogen-bond acceptors (Lipinski definition) is 3. The Kier molecular flexibility index (Phi) is 4.74. The van der Waals surface area contributed by atoms with Crippen molar-refractivity contribution in [2.24, 2.45) is 0 Å². The van der Waals surface area contributed by atoms with Gasteiger partial charge in [-0.15, -0.1) is 0 Å². The van der Waals surface area contributed by atoms with Gasteiger partial charge in [0.2, 0.25) is 5.91 Å². The molecule has 2 aromatic carbocycles. The minimum Gasteiger partial charge on any atom is -0.486 e. The van der Waals surface area contributed by atoms with Crippen LogP contribution in [-0.2, 0) is 17.9 Å². The topological polar surface area (TPSA) is 56.2 Å². The third-order valence-electron chi connectivity index (χ3n) is 3.66. The maximum Gasteiger partial charge on any atom is 0.240 e. The first-order chi connectivity index (χ1) is 11.9. The van der Waals surface area contributed by atoms with Crippen LogP contribution in [0.5, 0.6) is 5.75 Å². The standard InChI is InChI=1S/C20H23N3O2/c1-20(2,3)22-19(24)13-23-17-12-8-7-11-16(17)21-18(23)14-25-15-9-5-4-6-10-15/h4-12H,13-14H2,1-3H3,(H,22,24). The van der Waals surface area contributed by atoms with Crippen molar-refractivity contribution in [3.8, 4) is 5.75 Å². The van der Waals surface area contributed by atoms with Gasteiger partial charge in [0.15, 0.2) is 0 Å². The lowest BCUT2D eigenvalue weighted by molar-refractivity contribution is -0.123. The van der Waals surface area contributed by atoms with Crippen molar-refractivity contribution in [2.75, 3.05) is 0 Å². The minimum absolute atomic E-state index is 0.0448. The molecule has 130 valence electrons. The second-order valence-corrected chi connectivity index (χ2v) is 7.00. The van der Waals surface area contributed by atoms with Gasteiger partial charge in [0, 0.05) is 5.54 Å². The molecule has 25 heavy (non-hydrogen) atoms. The van der Waals surface area contributed by atoms with Crippen LogP contribution in [0.15, 0.2) is 54.6 Å². The van der Waals surface area contributed by atoms with Gasteiger partial charge in [0.25, 0.3) is 0 Å². The summed E-state index contributed by atoms with van der Waals surface area (Å²) in [4.78, 5) is 17.0. The fourth-order valence-electron chi connectivity index (χ4n) is 2.68. The number of hydrogen-bond donors (Lipinski definition) is 1. The number of amides is 1. The quantitative estimate of drug-likeness (QED) is 0.775. The summed E-state index contributed by atoms with van der Waals surface area (Å²) >= 11 is 0. The highest BCUT2D eigenvalue weighted by atomic mass is 16.5. The fourth-order valence-corrected chi connectivity index (χ4v) is 2.68. The molecule has 5 heteroatoms. The maximum atomic E-state index is 12.4. The van der Waals surface area contributed by atoms with Crippen LogP contribution in [0.1, 0.15) is 26.6 Å². The summed E-state index contributed by atoms with van der Waals surface area (Å²) in [6.45, 7) is 6.43. The van der Waals surface area contributed by atoms with Crippen LogP contribution in [0.2, 0.25) is 0 Å². The van der Waals surface area contributed by atoms with Crippen molar-refractivity contribution in [1.82, 2.24) is 14.9 Å². The molecule has 0 aliphatic heterocycles. The predicted molar refractivity (Wildman–Crippen MR) is 98.4 cm³/mol. The summed E-state index contributed by atoms with van der Waals surface area (Å²) in [5.74, 6) is 1.46. The summed E-state index contributed by atoms with van der Waals surface area (Å²) in [7, 11) is 0. The van der Waals surface area contributed by atoms with E-state index in [-0.39, 0.29) is 18.0 Å². The fraction of sp³-hybridized carbons (Fsp3) is 0.300. The first kappa shape index (κ1) is 17.0. The Balaban J connectivity index is 1.85. The Bertz CT molecular complexity index is 864. The van der Waals surface area contributed by atoms with Crippen molar-refractivity contribution in [1.29, 1.82) is 0 Å². The van der Waals surface area contributed by atoms with Crippen molar-refractivity contribution in [2.45, 2.75) is 39.5 Å². The summed E-state index contributed by atoms with van der Waals surface area (Å²) in [5, 5.41) is 2.99. The van der Waals surface area contributed by atoms with Crippen LogP contribution in [0.25, 0.3) is 11.0 Å². The molecule has 0 saturated carbocycles. The van der Waals surface area contributed by atoms with Gasteiger partial charge in [0.1, 0.15) is 24.7 Å². The minimum atomic E-state index is -0.270. The van der Waals surface area contributed by atoms with Crippen molar-refractivity contribution in [3.63, 3.8) is 0 Å². The molecule has 3 rings (SSSR count). The molecule has 0 aliphatic carbocycles. The Morgan fingerprint density at radius 2 is 1.76 bits per heavy atom. The molecule has 1 heterocycles. The van der Waals surface area contributed by atoms with E-state index in [4.69, 9.17) is 4.74 Å². The van der Waals surface area contributed by atoms with Gasteiger partial charge in [0.05, 0.1) is 11.0 Å². The van der Waals surface area contributed by atoms with Crippen LogP contribution >= 0.6 is 0 Å². The molecule has 0 fully saturated rings. The van der Waals surface area contributed by atoms with Crippen LogP contribution < -0.4 is 10.1 Å². The smallest absolute Gasteiger partial charge is 0.240 e.